The highest BCUT2D eigenvalue weighted by molar-refractivity contribution is 4.97. The van der Waals surface area contributed by atoms with Crippen molar-refractivity contribution in [3.63, 3.8) is 0 Å². The SMILES string of the molecule is CC(C)=CCCC(C)(C)C#N. The van der Waals surface area contributed by atoms with Crippen LogP contribution in [0.25, 0.3) is 0 Å². The summed E-state index contributed by atoms with van der Waals surface area (Å²) in [6.07, 6.45) is 4.15. The van der Waals surface area contributed by atoms with E-state index in [-0.39, 0.29) is 5.41 Å². The molecule has 62 valence electrons. The molecule has 0 aromatic heterocycles. The largest absolute Gasteiger partial charge is 0.198 e. The van der Waals surface area contributed by atoms with Gasteiger partial charge in [0.25, 0.3) is 0 Å². The van der Waals surface area contributed by atoms with E-state index >= 15 is 0 Å². The van der Waals surface area contributed by atoms with Crippen LogP contribution in [0.3, 0.4) is 0 Å². The van der Waals surface area contributed by atoms with Crippen LogP contribution in [0.15, 0.2) is 11.6 Å². The Morgan fingerprint density at radius 3 is 2.36 bits per heavy atom. The van der Waals surface area contributed by atoms with Gasteiger partial charge in [-0.15, -0.1) is 0 Å². The Kier molecular flexibility index (Phi) is 3.89. The highest BCUT2D eigenvalue weighted by Gasteiger charge is 2.14. The fourth-order valence-corrected chi connectivity index (χ4v) is 0.778. The van der Waals surface area contributed by atoms with Crippen molar-refractivity contribution < 1.29 is 0 Å². The topological polar surface area (TPSA) is 23.8 Å². The molecular weight excluding hydrogens is 134 g/mol. The third-order valence-corrected chi connectivity index (χ3v) is 1.62. The number of nitrogens with zero attached hydrogens (tertiary/aromatic N) is 1. The Bertz CT molecular complexity index is 178. The van der Waals surface area contributed by atoms with Crippen molar-refractivity contribution in [3.8, 4) is 6.07 Å². The zero-order chi connectivity index (χ0) is 8.91. The molecule has 0 amide bonds. The highest BCUT2D eigenvalue weighted by Crippen LogP contribution is 2.20. The quantitative estimate of drug-likeness (QED) is 0.568. The molecule has 0 aromatic rings. The van der Waals surface area contributed by atoms with Gasteiger partial charge in [-0.1, -0.05) is 11.6 Å². The molecule has 0 rings (SSSR count). The van der Waals surface area contributed by atoms with Gasteiger partial charge in [-0.25, -0.2) is 0 Å². The molecule has 0 heterocycles. The maximum Gasteiger partial charge on any atom is 0.0684 e. The standard InChI is InChI=1S/C10H17N/c1-9(2)6-5-7-10(3,4)8-11/h6H,5,7H2,1-4H3. The van der Waals surface area contributed by atoms with Crippen LogP contribution < -0.4 is 0 Å². The first-order valence-electron chi connectivity index (χ1n) is 4.02. The second kappa shape index (κ2) is 4.18. The maximum absolute atomic E-state index is 8.69. The van der Waals surface area contributed by atoms with E-state index in [2.05, 4.69) is 26.0 Å². The van der Waals surface area contributed by atoms with E-state index in [1.165, 1.54) is 5.57 Å². The van der Waals surface area contributed by atoms with Crippen molar-refractivity contribution in [2.75, 3.05) is 0 Å². The lowest BCUT2D eigenvalue weighted by atomic mass is 9.89. The Balaban J connectivity index is 3.74. The maximum atomic E-state index is 8.69. The lowest BCUT2D eigenvalue weighted by Gasteiger charge is -2.12. The molecule has 1 heteroatoms. The Morgan fingerprint density at radius 2 is 2.00 bits per heavy atom. The monoisotopic (exact) mass is 151 g/mol. The number of allylic oxidation sites excluding steroid dienone is 2. The van der Waals surface area contributed by atoms with Crippen molar-refractivity contribution >= 4 is 0 Å². The van der Waals surface area contributed by atoms with Crippen LogP contribution in [0.2, 0.25) is 0 Å². The van der Waals surface area contributed by atoms with Crippen molar-refractivity contribution in [1.29, 1.82) is 5.26 Å². The van der Waals surface area contributed by atoms with Crippen LogP contribution in [-0.4, -0.2) is 0 Å². The zero-order valence-corrected chi connectivity index (χ0v) is 7.94. The predicted octanol–water partition coefficient (Wildman–Crippen LogP) is 3.28. The number of nitriles is 1. The second-order valence-electron chi connectivity index (χ2n) is 3.82. The summed E-state index contributed by atoms with van der Waals surface area (Å²) >= 11 is 0. The van der Waals surface area contributed by atoms with Gasteiger partial charge < -0.3 is 0 Å². The number of hydrogen-bond acceptors (Lipinski definition) is 1. The van der Waals surface area contributed by atoms with E-state index in [0.717, 1.165) is 12.8 Å². The van der Waals surface area contributed by atoms with Gasteiger partial charge in [0.1, 0.15) is 0 Å². The Hall–Kier alpha value is -0.770. The van der Waals surface area contributed by atoms with Crippen LogP contribution in [0.4, 0.5) is 0 Å². The van der Waals surface area contributed by atoms with Crippen LogP contribution in [0.1, 0.15) is 40.5 Å². The number of rotatable bonds is 3. The molecule has 0 spiro atoms. The summed E-state index contributed by atoms with van der Waals surface area (Å²) in [6.45, 7) is 8.12. The van der Waals surface area contributed by atoms with Gasteiger partial charge in [-0.3, -0.25) is 0 Å². The van der Waals surface area contributed by atoms with Crippen LogP contribution in [0.5, 0.6) is 0 Å². The molecule has 0 atom stereocenters. The Labute approximate surface area is 69.7 Å². The summed E-state index contributed by atoms with van der Waals surface area (Å²) in [4.78, 5) is 0. The van der Waals surface area contributed by atoms with E-state index in [1.54, 1.807) is 0 Å². The first-order valence-corrected chi connectivity index (χ1v) is 4.02. The molecule has 0 N–H and O–H groups in total. The van der Waals surface area contributed by atoms with E-state index in [1.807, 2.05) is 13.8 Å². The lowest BCUT2D eigenvalue weighted by Crippen LogP contribution is -2.06. The number of hydrogen-bond donors (Lipinski definition) is 0. The minimum Gasteiger partial charge on any atom is -0.198 e. The van der Waals surface area contributed by atoms with Gasteiger partial charge in [0.15, 0.2) is 0 Å². The van der Waals surface area contributed by atoms with Crippen LogP contribution in [0, 0.1) is 16.7 Å². The predicted molar refractivity (Wildman–Crippen MR) is 48.1 cm³/mol. The molecule has 0 bridgehead atoms. The van der Waals surface area contributed by atoms with Crippen molar-refractivity contribution in [2.24, 2.45) is 5.41 Å². The average molecular weight is 151 g/mol. The van der Waals surface area contributed by atoms with Crippen molar-refractivity contribution in [1.82, 2.24) is 0 Å². The molecule has 0 aromatic carbocycles. The molecule has 0 radical (unpaired) electrons. The minimum atomic E-state index is -0.161. The summed E-state index contributed by atoms with van der Waals surface area (Å²) in [5.41, 5.74) is 1.17. The molecule has 0 aliphatic heterocycles. The van der Waals surface area contributed by atoms with Crippen molar-refractivity contribution in [3.05, 3.63) is 11.6 Å². The van der Waals surface area contributed by atoms with Crippen LogP contribution in [-0.2, 0) is 0 Å². The molecule has 0 unspecified atom stereocenters. The summed E-state index contributed by atoms with van der Waals surface area (Å²) < 4.78 is 0. The van der Waals surface area contributed by atoms with E-state index in [0.29, 0.717) is 0 Å². The van der Waals surface area contributed by atoms with Gasteiger partial charge >= 0.3 is 0 Å². The fourth-order valence-electron chi connectivity index (χ4n) is 0.778. The molecule has 0 fully saturated rings. The first kappa shape index (κ1) is 10.2. The van der Waals surface area contributed by atoms with E-state index in [9.17, 15) is 0 Å². The zero-order valence-electron chi connectivity index (χ0n) is 7.94. The molecule has 1 nitrogen and oxygen atoms in total. The fraction of sp³-hybridized carbons (Fsp3) is 0.700. The third-order valence-electron chi connectivity index (χ3n) is 1.62. The average Bonchev–Trinajstić information content (AvgIpc) is 1.87. The Morgan fingerprint density at radius 1 is 1.45 bits per heavy atom. The van der Waals surface area contributed by atoms with Gasteiger partial charge in [0.2, 0.25) is 0 Å². The molecule has 0 saturated heterocycles. The molecule has 0 aliphatic carbocycles. The summed E-state index contributed by atoms with van der Waals surface area (Å²) in [5, 5.41) is 8.69. The van der Waals surface area contributed by atoms with Gasteiger partial charge in [0.05, 0.1) is 11.5 Å². The second-order valence-corrected chi connectivity index (χ2v) is 3.82. The smallest absolute Gasteiger partial charge is 0.0684 e. The first-order chi connectivity index (χ1) is 4.98. The van der Waals surface area contributed by atoms with Gasteiger partial charge in [-0.2, -0.15) is 5.26 Å². The molecule has 11 heavy (non-hydrogen) atoms. The summed E-state index contributed by atoms with van der Waals surface area (Å²) in [5.74, 6) is 0. The third kappa shape index (κ3) is 5.66. The molecule has 0 saturated carbocycles. The minimum absolute atomic E-state index is 0.161. The van der Waals surface area contributed by atoms with Gasteiger partial charge in [-0.05, 0) is 40.5 Å². The molecule has 0 aliphatic rings. The summed E-state index contributed by atoms with van der Waals surface area (Å²) in [6, 6.07) is 2.29. The van der Waals surface area contributed by atoms with Gasteiger partial charge in [0, 0.05) is 0 Å². The van der Waals surface area contributed by atoms with Crippen LogP contribution >= 0.6 is 0 Å². The summed E-state index contributed by atoms with van der Waals surface area (Å²) in [7, 11) is 0. The van der Waals surface area contributed by atoms with E-state index < -0.39 is 0 Å². The normalized spacial score (nSPS) is 10.5. The van der Waals surface area contributed by atoms with Crippen molar-refractivity contribution in [2.45, 2.75) is 40.5 Å². The lowest BCUT2D eigenvalue weighted by molar-refractivity contribution is 0.456. The molecular formula is C10H17N. The highest BCUT2D eigenvalue weighted by atomic mass is 14.3. The van der Waals surface area contributed by atoms with E-state index in [4.69, 9.17) is 5.26 Å².